The third-order valence-corrected chi connectivity index (χ3v) is 2.31. The summed E-state index contributed by atoms with van der Waals surface area (Å²) in [6, 6.07) is 4.25. The maximum absolute atomic E-state index is 11.0. The molecule has 0 spiro atoms. The van der Waals surface area contributed by atoms with Crippen molar-refractivity contribution in [2.45, 2.75) is 6.42 Å². The number of rotatable bonds is 2. The second kappa shape index (κ2) is 3.21. The molecule has 1 aromatic rings. The molecule has 6 nitrogen and oxygen atoms in total. The van der Waals surface area contributed by atoms with E-state index in [1.807, 2.05) is 0 Å². The predicted molar refractivity (Wildman–Crippen MR) is 51.0 cm³/mol. The van der Waals surface area contributed by atoms with E-state index in [2.05, 4.69) is 9.50 Å². The van der Waals surface area contributed by atoms with E-state index in [4.69, 9.17) is 4.55 Å². The number of carbonyl (C=O) groups excluding carboxylic acids is 1. The molecule has 0 bridgehead atoms. The molecule has 0 unspecified atom stereocenters. The molecule has 0 saturated heterocycles. The Hall–Kier alpha value is -1.60. The highest BCUT2D eigenvalue weighted by Gasteiger charge is 2.18. The third-order valence-electron chi connectivity index (χ3n) is 1.90. The molecule has 2 rings (SSSR count). The molecule has 0 aromatic heterocycles. The van der Waals surface area contributed by atoms with Gasteiger partial charge in [-0.3, -0.25) is 9.35 Å². The Morgan fingerprint density at radius 2 is 2.13 bits per heavy atom. The lowest BCUT2D eigenvalue weighted by Gasteiger charge is -2.03. The Morgan fingerprint density at radius 3 is 2.80 bits per heavy atom. The minimum Gasteiger partial charge on any atom is -0.362 e. The lowest BCUT2D eigenvalue weighted by atomic mass is 10.1. The van der Waals surface area contributed by atoms with Crippen LogP contribution in [0.2, 0.25) is 0 Å². The van der Waals surface area contributed by atoms with Gasteiger partial charge in [0.25, 0.3) is 0 Å². The molecule has 1 aliphatic heterocycles. The molecule has 1 aliphatic rings. The van der Waals surface area contributed by atoms with Gasteiger partial charge in [0.1, 0.15) is 5.75 Å². The van der Waals surface area contributed by atoms with Crippen molar-refractivity contribution in [3.8, 4) is 5.75 Å². The Kier molecular flexibility index (Phi) is 2.13. The Labute approximate surface area is 85.8 Å². The molecule has 1 heterocycles. The molecule has 2 N–H and O–H groups in total. The van der Waals surface area contributed by atoms with Gasteiger partial charge in [0.15, 0.2) is 0 Å². The molecule has 0 radical (unpaired) electrons. The summed E-state index contributed by atoms with van der Waals surface area (Å²) in [6.45, 7) is 0. The van der Waals surface area contributed by atoms with Gasteiger partial charge in [-0.05, 0) is 23.8 Å². The van der Waals surface area contributed by atoms with Crippen molar-refractivity contribution >= 4 is 22.0 Å². The van der Waals surface area contributed by atoms with Crippen molar-refractivity contribution in [3.05, 3.63) is 23.8 Å². The zero-order valence-electron chi connectivity index (χ0n) is 7.43. The fourth-order valence-electron chi connectivity index (χ4n) is 1.38. The summed E-state index contributed by atoms with van der Waals surface area (Å²) in [5.74, 6) is -0.179. The van der Waals surface area contributed by atoms with Crippen LogP contribution in [-0.2, 0) is 21.6 Å². The smallest absolute Gasteiger partial charge is 0.362 e. The summed E-state index contributed by atoms with van der Waals surface area (Å²) >= 11 is 0. The number of anilines is 1. The molecule has 80 valence electrons. The van der Waals surface area contributed by atoms with E-state index in [-0.39, 0.29) is 18.1 Å². The second-order valence-electron chi connectivity index (χ2n) is 3.05. The summed E-state index contributed by atoms with van der Waals surface area (Å²) in [6.07, 6.45) is 0.179. The lowest BCUT2D eigenvalue weighted by Crippen LogP contribution is -2.06. The number of benzene rings is 1. The molecule has 15 heavy (non-hydrogen) atoms. The van der Waals surface area contributed by atoms with Gasteiger partial charge in [0.2, 0.25) is 5.91 Å². The number of fused-ring (bicyclic) bond motifs is 1. The van der Waals surface area contributed by atoms with E-state index in [9.17, 15) is 13.2 Å². The first-order chi connectivity index (χ1) is 6.94. The molecular formula is C8H7NO5S. The zero-order chi connectivity index (χ0) is 11.1. The van der Waals surface area contributed by atoms with Crippen LogP contribution in [0, 0.1) is 0 Å². The number of amides is 1. The van der Waals surface area contributed by atoms with Crippen molar-refractivity contribution in [3.63, 3.8) is 0 Å². The minimum atomic E-state index is -4.51. The van der Waals surface area contributed by atoms with Gasteiger partial charge in [-0.25, -0.2) is 0 Å². The fourth-order valence-corrected chi connectivity index (χ4v) is 1.73. The highest BCUT2D eigenvalue weighted by Crippen LogP contribution is 2.27. The van der Waals surface area contributed by atoms with E-state index in [1.54, 1.807) is 0 Å². The van der Waals surface area contributed by atoms with E-state index in [0.29, 0.717) is 11.3 Å². The van der Waals surface area contributed by atoms with E-state index in [0.717, 1.165) is 0 Å². The molecule has 0 atom stereocenters. The van der Waals surface area contributed by atoms with Gasteiger partial charge in [-0.15, -0.1) is 0 Å². The molecule has 7 heteroatoms. The van der Waals surface area contributed by atoms with Crippen LogP contribution in [0.3, 0.4) is 0 Å². The molecule has 0 saturated carbocycles. The van der Waals surface area contributed by atoms with Gasteiger partial charge < -0.3 is 9.50 Å². The van der Waals surface area contributed by atoms with Crippen LogP contribution < -0.4 is 9.50 Å². The van der Waals surface area contributed by atoms with Crippen LogP contribution in [0.4, 0.5) is 5.69 Å². The van der Waals surface area contributed by atoms with Crippen molar-refractivity contribution in [1.29, 1.82) is 0 Å². The first-order valence-corrected chi connectivity index (χ1v) is 5.40. The minimum absolute atomic E-state index is 0.0206. The van der Waals surface area contributed by atoms with E-state index >= 15 is 0 Å². The number of hydrogen-bond donors (Lipinski definition) is 2. The quantitative estimate of drug-likeness (QED) is 0.714. The number of carbonyl (C=O) groups is 1. The lowest BCUT2D eigenvalue weighted by molar-refractivity contribution is -0.115. The molecule has 0 aliphatic carbocycles. The van der Waals surface area contributed by atoms with E-state index in [1.165, 1.54) is 18.2 Å². The van der Waals surface area contributed by atoms with Gasteiger partial charge in [0, 0.05) is 5.69 Å². The Bertz CT molecular complexity index is 522. The van der Waals surface area contributed by atoms with Crippen molar-refractivity contribution in [2.75, 3.05) is 5.32 Å². The highest BCUT2D eigenvalue weighted by molar-refractivity contribution is 7.81. The fraction of sp³-hybridized carbons (Fsp3) is 0.125. The zero-order valence-corrected chi connectivity index (χ0v) is 8.24. The first kappa shape index (κ1) is 9.94. The molecule has 1 aromatic carbocycles. The van der Waals surface area contributed by atoms with Crippen molar-refractivity contribution in [2.24, 2.45) is 0 Å². The molecule has 1 amide bonds. The van der Waals surface area contributed by atoms with Gasteiger partial charge >= 0.3 is 10.4 Å². The Balaban J connectivity index is 2.31. The summed E-state index contributed by atoms with van der Waals surface area (Å²) in [5.41, 5.74) is 1.27. The maximum atomic E-state index is 11.0. The standard InChI is InChI=1S/C8H7NO5S/c10-8-4-5-3-6(14-15(11,12)13)1-2-7(5)9-8/h1-3H,4H2,(H,9,10)(H,11,12,13). The summed E-state index contributed by atoms with van der Waals surface area (Å²) < 4.78 is 33.5. The second-order valence-corrected chi connectivity index (χ2v) is 4.08. The van der Waals surface area contributed by atoms with Gasteiger partial charge in [-0.2, -0.15) is 8.42 Å². The average molecular weight is 229 g/mol. The van der Waals surface area contributed by atoms with Crippen LogP contribution in [-0.4, -0.2) is 18.9 Å². The predicted octanol–water partition coefficient (Wildman–Crippen LogP) is 0.363. The number of hydrogen-bond acceptors (Lipinski definition) is 4. The first-order valence-electron chi connectivity index (χ1n) is 4.04. The maximum Gasteiger partial charge on any atom is 0.446 e. The highest BCUT2D eigenvalue weighted by atomic mass is 32.3. The topological polar surface area (TPSA) is 92.7 Å². The molecular weight excluding hydrogens is 222 g/mol. The number of nitrogens with one attached hydrogen (secondary N) is 1. The van der Waals surface area contributed by atoms with Gasteiger partial charge in [0.05, 0.1) is 6.42 Å². The molecule has 0 fully saturated rings. The monoisotopic (exact) mass is 229 g/mol. The van der Waals surface area contributed by atoms with Crippen molar-refractivity contribution < 1.29 is 21.9 Å². The van der Waals surface area contributed by atoms with Crippen molar-refractivity contribution in [1.82, 2.24) is 0 Å². The van der Waals surface area contributed by atoms with Gasteiger partial charge in [-0.1, -0.05) is 0 Å². The van der Waals surface area contributed by atoms with Crippen LogP contribution in [0.25, 0.3) is 0 Å². The van der Waals surface area contributed by atoms with Crippen LogP contribution in [0.15, 0.2) is 18.2 Å². The summed E-state index contributed by atoms with van der Waals surface area (Å²) in [7, 11) is -4.51. The van der Waals surface area contributed by atoms with Crippen LogP contribution in [0.1, 0.15) is 5.56 Å². The normalized spacial score (nSPS) is 14.6. The van der Waals surface area contributed by atoms with Crippen LogP contribution >= 0.6 is 0 Å². The summed E-state index contributed by atoms with van der Waals surface area (Å²) in [4.78, 5) is 11.0. The average Bonchev–Trinajstić information content (AvgIpc) is 2.40. The van der Waals surface area contributed by atoms with E-state index < -0.39 is 10.4 Å². The summed E-state index contributed by atoms with van der Waals surface area (Å²) in [5, 5.41) is 2.58. The Morgan fingerprint density at radius 1 is 1.40 bits per heavy atom. The SMILES string of the molecule is O=C1Cc2cc(OS(=O)(=O)O)ccc2N1. The third kappa shape index (κ3) is 2.25. The largest absolute Gasteiger partial charge is 0.446 e. The van der Waals surface area contributed by atoms with Crippen LogP contribution in [0.5, 0.6) is 5.75 Å².